The van der Waals surface area contributed by atoms with Crippen molar-refractivity contribution in [1.29, 1.82) is 0 Å². The largest absolute Gasteiger partial charge is 0.389 e. The van der Waals surface area contributed by atoms with E-state index in [1.54, 1.807) is 0 Å². The SMILES string of the molecule is CC(C)CC(C)(O)CNC1CCOC(C(C)C)C1. The maximum atomic E-state index is 10.3. The molecule has 0 aromatic carbocycles. The Morgan fingerprint density at radius 3 is 2.56 bits per heavy atom. The highest BCUT2D eigenvalue weighted by molar-refractivity contribution is 4.83. The van der Waals surface area contributed by atoms with Crippen molar-refractivity contribution in [1.82, 2.24) is 5.32 Å². The molecule has 1 rings (SSSR count). The summed E-state index contributed by atoms with van der Waals surface area (Å²) in [5.41, 5.74) is -0.597. The molecule has 0 aromatic rings. The van der Waals surface area contributed by atoms with Gasteiger partial charge in [-0.05, 0) is 38.0 Å². The lowest BCUT2D eigenvalue weighted by Gasteiger charge is -2.35. The van der Waals surface area contributed by atoms with Crippen LogP contribution in [0, 0.1) is 11.8 Å². The van der Waals surface area contributed by atoms with Crippen molar-refractivity contribution < 1.29 is 9.84 Å². The van der Waals surface area contributed by atoms with Gasteiger partial charge in [0.15, 0.2) is 0 Å². The van der Waals surface area contributed by atoms with Crippen LogP contribution < -0.4 is 5.32 Å². The highest BCUT2D eigenvalue weighted by Gasteiger charge is 2.27. The van der Waals surface area contributed by atoms with Crippen LogP contribution in [0.1, 0.15) is 53.9 Å². The molecule has 0 amide bonds. The third-order valence-electron chi connectivity index (χ3n) is 3.68. The van der Waals surface area contributed by atoms with E-state index in [4.69, 9.17) is 4.74 Å². The van der Waals surface area contributed by atoms with Gasteiger partial charge < -0.3 is 15.2 Å². The second-order valence-electron chi connectivity index (χ2n) is 6.85. The molecule has 0 aliphatic carbocycles. The van der Waals surface area contributed by atoms with Gasteiger partial charge in [0, 0.05) is 19.2 Å². The summed E-state index contributed by atoms with van der Waals surface area (Å²) >= 11 is 0. The molecule has 108 valence electrons. The molecule has 0 bridgehead atoms. The molecule has 0 spiro atoms. The van der Waals surface area contributed by atoms with Gasteiger partial charge in [0.05, 0.1) is 11.7 Å². The van der Waals surface area contributed by atoms with Crippen LogP contribution in [0.25, 0.3) is 0 Å². The smallest absolute Gasteiger partial charge is 0.0746 e. The van der Waals surface area contributed by atoms with E-state index in [1.807, 2.05) is 6.92 Å². The number of hydrogen-bond donors (Lipinski definition) is 2. The Hall–Kier alpha value is -0.120. The van der Waals surface area contributed by atoms with Gasteiger partial charge in [-0.2, -0.15) is 0 Å². The van der Waals surface area contributed by atoms with Crippen LogP contribution in [0.3, 0.4) is 0 Å². The Morgan fingerprint density at radius 1 is 1.33 bits per heavy atom. The molecular formula is C15H31NO2. The maximum Gasteiger partial charge on any atom is 0.0746 e. The molecule has 1 saturated heterocycles. The second kappa shape index (κ2) is 6.88. The Bertz CT molecular complexity index is 239. The highest BCUT2D eigenvalue weighted by atomic mass is 16.5. The van der Waals surface area contributed by atoms with Gasteiger partial charge >= 0.3 is 0 Å². The van der Waals surface area contributed by atoms with Crippen LogP contribution in [0.5, 0.6) is 0 Å². The van der Waals surface area contributed by atoms with Crippen molar-refractivity contribution in [3.05, 3.63) is 0 Å². The zero-order chi connectivity index (χ0) is 13.8. The van der Waals surface area contributed by atoms with E-state index < -0.39 is 5.60 Å². The lowest BCUT2D eigenvalue weighted by Crippen LogP contribution is -2.47. The van der Waals surface area contributed by atoms with E-state index in [1.165, 1.54) is 0 Å². The average molecular weight is 257 g/mol. The molecule has 0 radical (unpaired) electrons. The number of hydrogen-bond acceptors (Lipinski definition) is 3. The van der Waals surface area contributed by atoms with E-state index in [2.05, 4.69) is 33.0 Å². The molecule has 1 aliphatic heterocycles. The van der Waals surface area contributed by atoms with Gasteiger partial charge in [0.2, 0.25) is 0 Å². The second-order valence-corrected chi connectivity index (χ2v) is 6.85. The van der Waals surface area contributed by atoms with Crippen molar-refractivity contribution in [3.63, 3.8) is 0 Å². The van der Waals surface area contributed by atoms with Gasteiger partial charge in [-0.25, -0.2) is 0 Å². The molecule has 3 atom stereocenters. The van der Waals surface area contributed by atoms with Gasteiger partial charge in [-0.3, -0.25) is 0 Å². The third kappa shape index (κ3) is 5.68. The summed E-state index contributed by atoms with van der Waals surface area (Å²) in [6.45, 7) is 12.2. The zero-order valence-corrected chi connectivity index (χ0v) is 12.7. The number of ether oxygens (including phenoxy) is 1. The van der Waals surface area contributed by atoms with Crippen LogP contribution in [0.2, 0.25) is 0 Å². The minimum Gasteiger partial charge on any atom is -0.389 e. The van der Waals surface area contributed by atoms with E-state index in [-0.39, 0.29) is 0 Å². The average Bonchev–Trinajstić information content (AvgIpc) is 2.25. The van der Waals surface area contributed by atoms with E-state index in [9.17, 15) is 5.11 Å². The molecule has 0 saturated carbocycles. The third-order valence-corrected chi connectivity index (χ3v) is 3.68. The fraction of sp³-hybridized carbons (Fsp3) is 1.00. The lowest BCUT2D eigenvalue weighted by atomic mass is 9.92. The predicted octanol–water partition coefficient (Wildman–Crippen LogP) is 2.58. The van der Waals surface area contributed by atoms with Crippen molar-refractivity contribution in [2.45, 2.75) is 71.6 Å². The molecule has 1 aliphatic rings. The summed E-state index contributed by atoms with van der Waals surface area (Å²) in [7, 11) is 0. The van der Waals surface area contributed by atoms with E-state index >= 15 is 0 Å². The zero-order valence-electron chi connectivity index (χ0n) is 12.7. The summed E-state index contributed by atoms with van der Waals surface area (Å²) in [5.74, 6) is 1.10. The monoisotopic (exact) mass is 257 g/mol. The van der Waals surface area contributed by atoms with Crippen LogP contribution in [-0.2, 0) is 4.74 Å². The molecule has 3 heteroatoms. The predicted molar refractivity (Wildman–Crippen MR) is 75.7 cm³/mol. The van der Waals surface area contributed by atoms with Crippen molar-refractivity contribution in [2.75, 3.05) is 13.2 Å². The molecule has 2 N–H and O–H groups in total. The first-order chi connectivity index (χ1) is 8.30. The summed E-state index contributed by atoms with van der Waals surface area (Å²) in [6, 6.07) is 0.491. The Balaban J connectivity index is 2.34. The normalized spacial score (nSPS) is 28.7. The highest BCUT2D eigenvalue weighted by Crippen LogP contribution is 2.21. The first kappa shape index (κ1) is 15.9. The topological polar surface area (TPSA) is 41.5 Å². The number of nitrogens with one attached hydrogen (secondary N) is 1. The fourth-order valence-electron chi connectivity index (χ4n) is 2.79. The maximum absolute atomic E-state index is 10.3. The standard InChI is InChI=1S/C15H31NO2/c1-11(2)9-15(5,17)10-16-13-6-7-18-14(8-13)12(3)4/h11-14,16-17H,6-10H2,1-5H3. The van der Waals surface area contributed by atoms with Crippen LogP contribution >= 0.6 is 0 Å². The summed E-state index contributed by atoms with van der Waals surface area (Å²) in [4.78, 5) is 0. The van der Waals surface area contributed by atoms with Crippen LogP contribution in [-0.4, -0.2) is 36.0 Å². The molecule has 1 heterocycles. The van der Waals surface area contributed by atoms with Crippen LogP contribution in [0.15, 0.2) is 0 Å². The summed E-state index contributed by atoms with van der Waals surface area (Å²) < 4.78 is 5.76. The van der Waals surface area contributed by atoms with Crippen molar-refractivity contribution in [3.8, 4) is 0 Å². The summed E-state index contributed by atoms with van der Waals surface area (Å²) in [6.07, 6.45) is 3.33. The molecule has 18 heavy (non-hydrogen) atoms. The molecule has 3 unspecified atom stereocenters. The minimum atomic E-state index is -0.597. The van der Waals surface area contributed by atoms with E-state index in [0.717, 1.165) is 25.9 Å². The number of rotatable bonds is 6. The quantitative estimate of drug-likeness (QED) is 0.768. The van der Waals surface area contributed by atoms with E-state index in [0.29, 0.717) is 30.5 Å². The van der Waals surface area contributed by atoms with Gasteiger partial charge in [-0.15, -0.1) is 0 Å². The van der Waals surface area contributed by atoms with Gasteiger partial charge in [0.25, 0.3) is 0 Å². The van der Waals surface area contributed by atoms with Crippen LogP contribution in [0.4, 0.5) is 0 Å². The summed E-state index contributed by atoms with van der Waals surface area (Å²) in [5, 5.41) is 13.8. The first-order valence-corrected chi connectivity index (χ1v) is 7.37. The Labute approximate surface area is 112 Å². The van der Waals surface area contributed by atoms with Crippen molar-refractivity contribution >= 4 is 0 Å². The van der Waals surface area contributed by atoms with Gasteiger partial charge in [0.1, 0.15) is 0 Å². The number of aliphatic hydroxyl groups is 1. The molecule has 0 aromatic heterocycles. The molecule has 3 nitrogen and oxygen atoms in total. The Morgan fingerprint density at radius 2 is 2.00 bits per heavy atom. The minimum absolute atomic E-state index is 0.367. The van der Waals surface area contributed by atoms with Crippen molar-refractivity contribution in [2.24, 2.45) is 11.8 Å². The Kier molecular flexibility index (Phi) is 6.09. The van der Waals surface area contributed by atoms with Gasteiger partial charge in [-0.1, -0.05) is 27.7 Å². The first-order valence-electron chi connectivity index (χ1n) is 7.37. The lowest BCUT2D eigenvalue weighted by molar-refractivity contribution is -0.0304. The fourth-order valence-corrected chi connectivity index (χ4v) is 2.79. The molecule has 1 fully saturated rings. The molecular weight excluding hydrogens is 226 g/mol.